The highest BCUT2D eigenvalue weighted by Crippen LogP contribution is 2.17. The van der Waals surface area contributed by atoms with Gasteiger partial charge in [-0.25, -0.2) is 4.98 Å². The predicted molar refractivity (Wildman–Crippen MR) is 86.2 cm³/mol. The Hall–Kier alpha value is -2.45. The molecule has 3 rings (SSSR count). The lowest BCUT2D eigenvalue weighted by atomic mass is 10.1. The monoisotopic (exact) mass is 331 g/mol. The van der Waals surface area contributed by atoms with Crippen LogP contribution in [0.1, 0.15) is 5.56 Å². The fourth-order valence-corrected chi connectivity index (χ4v) is 2.72. The third-order valence-corrected chi connectivity index (χ3v) is 3.77. The number of benzene rings is 1. The Labute approximate surface area is 140 Å². The third kappa shape index (κ3) is 4.77. The number of rotatable bonds is 7. The summed E-state index contributed by atoms with van der Waals surface area (Å²) >= 11 is 0. The summed E-state index contributed by atoms with van der Waals surface area (Å²) in [5.41, 5.74) is 6.22. The molecule has 0 radical (unpaired) electrons. The lowest BCUT2D eigenvalue weighted by molar-refractivity contribution is -0.119. The van der Waals surface area contributed by atoms with Crippen molar-refractivity contribution in [2.24, 2.45) is 5.73 Å². The minimum Gasteiger partial charge on any atom is -0.484 e. The smallest absolute Gasteiger partial charge is 0.255 e. The van der Waals surface area contributed by atoms with Crippen molar-refractivity contribution in [3.8, 4) is 5.75 Å². The molecule has 8 heteroatoms. The minimum atomic E-state index is -0.482. The molecule has 2 aromatic rings. The van der Waals surface area contributed by atoms with Crippen LogP contribution in [0.5, 0.6) is 5.75 Å². The van der Waals surface area contributed by atoms with Crippen molar-refractivity contribution in [1.82, 2.24) is 19.7 Å². The number of morpholine rings is 1. The van der Waals surface area contributed by atoms with E-state index in [9.17, 15) is 4.79 Å². The molecule has 1 amide bonds. The molecule has 2 N–H and O–H groups in total. The normalized spacial score (nSPS) is 18.4. The first-order chi connectivity index (χ1) is 11.7. The average molecular weight is 331 g/mol. The van der Waals surface area contributed by atoms with Gasteiger partial charge in [0.05, 0.1) is 19.3 Å². The summed E-state index contributed by atoms with van der Waals surface area (Å²) in [6.45, 7) is 3.77. The van der Waals surface area contributed by atoms with E-state index >= 15 is 0 Å². The summed E-state index contributed by atoms with van der Waals surface area (Å²) in [7, 11) is 0. The Bertz CT molecular complexity index is 661. The maximum absolute atomic E-state index is 10.8. The van der Waals surface area contributed by atoms with E-state index < -0.39 is 5.91 Å². The maximum Gasteiger partial charge on any atom is 0.255 e. The number of carbonyl (C=O) groups is 1. The van der Waals surface area contributed by atoms with Crippen LogP contribution < -0.4 is 10.5 Å². The van der Waals surface area contributed by atoms with Crippen molar-refractivity contribution in [3.05, 3.63) is 42.5 Å². The molecule has 1 atom stereocenters. The Kier molecular flexibility index (Phi) is 5.39. The molecular weight excluding hydrogens is 310 g/mol. The number of hydrogen-bond acceptors (Lipinski definition) is 6. The van der Waals surface area contributed by atoms with Gasteiger partial charge in [0.15, 0.2) is 6.61 Å². The zero-order chi connectivity index (χ0) is 16.8. The zero-order valence-corrected chi connectivity index (χ0v) is 13.4. The third-order valence-electron chi connectivity index (χ3n) is 3.77. The van der Waals surface area contributed by atoms with Crippen molar-refractivity contribution in [2.75, 3.05) is 26.3 Å². The van der Waals surface area contributed by atoms with E-state index in [-0.39, 0.29) is 12.7 Å². The SMILES string of the molecule is NC(=O)COc1cccc(CN2CCO[C@H](Cn3cncn3)C2)c1. The first-order valence-electron chi connectivity index (χ1n) is 7.85. The lowest BCUT2D eigenvalue weighted by Crippen LogP contribution is -2.43. The van der Waals surface area contributed by atoms with E-state index in [4.69, 9.17) is 15.2 Å². The Morgan fingerprint density at radius 3 is 3.17 bits per heavy atom. The van der Waals surface area contributed by atoms with Gasteiger partial charge >= 0.3 is 0 Å². The second-order valence-corrected chi connectivity index (χ2v) is 5.75. The van der Waals surface area contributed by atoms with Crippen LogP contribution in [0.15, 0.2) is 36.9 Å². The largest absolute Gasteiger partial charge is 0.484 e. The van der Waals surface area contributed by atoms with E-state index in [2.05, 4.69) is 15.0 Å². The van der Waals surface area contributed by atoms with E-state index in [0.717, 1.165) is 25.2 Å². The molecule has 1 saturated heterocycles. The summed E-state index contributed by atoms with van der Waals surface area (Å²) in [5.74, 6) is 0.170. The van der Waals surface area contributed by atoms with Gasteiger partial charge in [0, 0.05) is 19.6 Å². The van der Waals surface area contributed by atoms with E-state index in [0.29, 0.717) is 18.9 Å². The molecular formula is C16H21N5O3. The molecule has 0 spiro atoms. The van der Waals surface area contributed by atoms with Gasteiger partial charge in [-0.05, 0) is 17.7 Å². The minimum absolute atomic E-state index is 0.0924. The van der Waals surface area contributed by atoms with Crippen LogP contribution in [-0.2, 0) is 22.6 Å². The van der Waals surface area contributed by atoms with Crippen molar-refractivity contribution in [2.45, 2.75) is 19.2 Å². The van der Waals surface area contributed by atoms with Crippen molar-refractivity contribution in [1.29, 1.82) is 0 Å². The van der Waals surface area contributed by atoms with Gasteiger partial charge in [0.1, 0.15) is 18.4 Å². The van der Waals surface area contributed by atoms with Crippen LogP contribution in [0.4, 0.5) is 0 Å². The highest BCUT2D eigenvalue weighted by Gasteiger charge is 2.21. The first kappa shape index (κ1) is 16.4. The molecule has 0 unspecified atom stereocenters. The van der Waals surface area contributed by atoms with Gasteiger partial charge in [-0.3, -0.25) is 14.4 Å². The average Bonchev–Trinajstić information content (AvgIpc) is 3.07. The van der Waals surface area contributed by atoms with Gasteiger partial charge < -0.3 is 15.2 Å². The number of hydrogen-bond donors (Lipinski definition) is 1. The molecule has 24 heavy (non-hydrogen) atoms. The fraction of sp³-hybridized carbons (Fsp3) is 0.438. The second-order valence-electron chi connectivity index (χ2n) is 5.75. The van der Waals surface area contributed by atoms with E-state index in [1.807, 2.05) is 24.3 Å². The molecule has 0 aliphatic carbocycles. The molecule has 1 aromatic heterocycles. The number of amides is 1. The van der Waals surface area contributed by atoms with Crippen LogP contribution in [0, 0.1) is 0 Å². The molecule has 1 fully saturated rings. The standard InChI is InChI=1S/C16H21N5O3/c17-16(22)10-24-14-3-1-2-13(6-14)7-20-4-5-23-15(8-20)9-21-12-18-11-19-21/h1-3,6,11-12,15H,4-5,7-10H2,(H2,17,22)/t15-/m0/s1. The van der Waals surface area contributed by atoms with E-state index in [1.54, 1.807) is 11.0 Å². The second kappa shape index (κ2) is 7.89. The van der Waals surface area contributed by atoms with Gasteiger partial charge in [-0.15, -0.1) is 0 Å². The number of aromatic nitrogens is 3. The molecule has 0 bridgehead atoms. The number of primary amides is 1. The molecule has 128 valence electrons. The molecule has 0 saturated carbocycles. The maximum atomic E-state index is 10.8. The van der Waals surface area contributed by atoms with Gasteiger partial charge in [-0.2, -0.15) is 5.10 Å². The summed E-state index contributed by atoms with van der Waals surface area (Å²) in [6, 6.07) is 7.71. The quantitative estimate of drug-likeness (QED) is 0.770. The summed E-state index contributed by atoms with van der Waals surface area (Å²) in [5, 5.41) is 4.12. The van der Waals surface area contributed by atoms with Crippen molar-refractivity contribution in [3.63, 3.8) is 0 Å². The topological polar surface area (TPSA) is 95.5 Å². The molecule has 1 aliphatic rings. The van der Waals surface area contributed by atoms with Crippen LogP contribution >= 0.6 is 0 Å². The number of ether oxygens (including phenoxy) is 2. The number of nitrogens with two attached hydrogens (primary N) is 1. The highest BCUT2D eigenvalue weighted by molar-refractivity contribution is 5.75. The van der Waals surface area contributed by atoms with E-state index in [1.165, 1.54) is 6.33 Å². The Balaban J connectivity index is 1.55. The molecule has 1 aromatic carbocycles. The Morgan fingerprint density at radius 1 is 1.46 bits per heavy atom. The predicted octanol–water partition coefficient (Wildman–Crippen LogP) is 0.0432. The highest BCUT2D eigenvalue weighted by atomic mass is 16.5. The molecule has 2 heterocycles. The first-order valence-corrected chi connectivity index (χ1v) is 7.85. The summed E-state index contributed by atoms with van der Waals surface area (Å²) in [4.78, 5) is 17.1. The Morgan fingerprint density at radius 2 is 2.38 bits per heavy atom. The summed E-state index contributed by atoms with van der Waals surface area (Å²) < 4.78 is 12.9. The number of carbonyl (C=O) groups excluding carboxylic acids is 1. The lowest BCUT2D eigenvalue weighted by Gasteiger charge is -2.32. The van der Waals surface area contributed by atoms with Crippen molar-refractivity contribution < 1.29 is 14.3 Å². The summed E-state index contributed by atoms with van der Waals surface area (Å²) in [6.07, 6.45) is 3.31. The van der Waals surface area contributed by atoms with Crippen LogP contribution in [0.3, 0.4) is 0 Å². The van der Waals surface area contributed by atoms with Gasteiger partial charge in [0.25, 0.3) is 5.91 Å². The zero-order valence-electron chi connectivity index (χ0n) is 13.4. The van der Waals surface area contributed by atoms with Gasteiger partial charge in [0.2, 0.25) is 0 Å². The van der Waals surface area contributed by atoms with Crippen LogP contribution in [0.25, 0.3) is 0 Å². The van der Waals surface area contributed by atoms with Gasteiger partial charge in [-0.1, -0.05) is 12.1 Å². The molecule has 1 aliphatic heterocycles. The van der Waals surface area contributed by atoms with Crippen LogP contribution in [-0.4, -0.2) is 58.0 Å². The molecule has 8 nitrogen and oxygen atoms in total. The van der Waals surface area contributed by atoms with Crippen molar-refractivity contribution >= 4 is 5.91 Å². The van der Waals surface area contributed by atoms with Crippen LogP contribution in [0.2, 0.25) is 0 Å². The number of nitrogens with zero attached hydrogens (tertiary/aromatic N) is 4. The fourth-order valence-electron chi connectivity index (χ4n) is 2.72.